The van der Waals surface area contributed by atoms with Gasteiger partial charge in [-0.05, 0) is 18.6 Å². The lowest BCUT2D eigenvalue weighted by Gasteiger charge is -2.08. The van der Waals surface area contributed by atoms with E-state index in [0.717, 1.165) is 0 Å². The van der Waals surface area contributed by atoms with Crippen LogP contribution in [-0.2, 0) is 14.6 Å². The van der Waals surface area contributed by atoms with Gasteiger partial charge in [-0.15, -0.1) is 0 Å². The quantitative estimate of drug-likeness (QED) is 0.614. The van der Waals surface area contributed by atoms with Gasteiger partial charge < -0.3 is 9.84 Å². The summed E-state index contributed by atoms with van der Waals surface area (Å²) in [5, 5.41) is 8.68. The van der Waals surface area contributed by atoms with Gasteiger partial charge in [0.1, 0.15) is 16.3 Å². The SMILES string of the molecule is CCCOCCS(=O)(=O)c1ccc(F)c(C(=O)O)c1F. The standard InChI is InChI=1S/C12H14F2O5S/c1-2-5-19-6-7-20(17,18)9-4-3-8(13)10(11(9)14)12(15)16/h3-4H,2,5-7H2,1H3,(H,15,16). The lowest BCUT2D eigenvalue weighted by atomic mass is 10.2. The van der Waals surface area contributed by atoms with Crippen molar-refractivity contribution in [2.45, 2.75) is 18.2 Å². The molecule has 5 nitrogen and oxygen atoms in total. The first-order chi connectivity index (χ1) is 9.31. The first kappa shape index (κ1) is 16.5. The van der Waals surface area contributed by atoms with E-state index in [2.05, 4.69) is 0 Å². The Morgan fingerprint density at radius 2 is 1.95 bits per heavy atom. The topological polar surface area (TPSA) is 80.7 Å². The van der Waals surface area contributed by atoms with E-state index < -0.39 is 43.7 Å². The number of hydrogen-bond acceptors (Lipinski definition) is 4. The molecule has 1 aromatic rings. The highest BCUT2D eigenvalue weighted by atomic mass is 32.2. The van der Waals surface area contributed by atoms with Crippen molar-refractivity contribution in [3.8, 4) is 0 Å². The fourth-order valence-electron chi connectivity index (χ4n) is 1.49. The van der Waals surface area contributed by atoms with Gasteiger partial charge in [-0.2, -0.15) is 0 Å². The Bertz CT molecular complexity index is 598. The van der Waals surface area contributed by atoms with E-state index >= 15 is 0 Å². The van der Waals surface area contributed by atoms with Crippen molar-refractivity contribution in [3.05, 3.63) is 29.3 Å². The van der Waals surface area contributed by atoms with Crippen LogP contribution >= 0.6 is 0 Å². The first-order valence-corrected chi connectivity index (χ1v) is 7.48. The summed E-state index contributed by atoms with van der Waals surface area (Å²) in [6, 6.07) is 1.33. The molecule has 112 valence electrons. The van der Waals surface area contributed by atoms with Gasteiger partial charge in [-0.1, -0.05) is 6.92 Å². The van der Waals surface area contributed by atoms with Crippen LogP contribution in [0.1, 0.15) is 23.7 Å². The Labute approximate surface area is 115 Å². The molecule has 0 atom stereocenters. The minimum atomic E-state index is -4.07. The lowest BCUT2D eigenvalue weighted by Crippen LogP contribution is -2.17. The molecule has 0 aromatic heterocycles. The van der Waals surface area contributed by atoms with Gasteiger partial charge in [0, 0.05) is 6.61 Å². The molecule has 0 amide bonds. The van der Waals surface area contributed by atoms with Crippen LogP contribution in [0.4, 0.5) is 8.78 Å². The van der Waals surface area contributed by atoms with Crippen LogP contribution in [0.2, 0.25) is 0 Å². The molecular formula is C12H14F2O5S. The normalized spacial score (nSPS) is 11.6. The molecule has 20 heavy (non-hydrogen) atoms. The first-order valence-electron chi connectivity index (χ1n) is 5.83. The molecule has 0 aliphatic carbocycles. The molecule has 1 aromatic carbocycles. The molecule has 1 rings (SSSR count). The summed E-state index contributed by atoms with van der Waals surface area (Å²) < 4.78 is 55.7. The minimum Gasteiger partial charge on any atom is -0.477 e. The van der Waals surface area contributed by atoms with Crippen LogP contribution in [-0.4, -0.2) is 38.5 Å². The molecule has 1 N–H and O–H groups in total. The zero-order valence-electron chi connectivity index (χ0n) is 10.7. The number of rotatable bonds is 7. The maximum atomic E-state index is 13.8. The van der Waals surface area contributed by atoms with Gasteiger partial charge in [0.15, 0.2) is 15.7 Å². The average molecular weight is 308 g/mol. The van der Waals surface area contributed by atoms with Gasteiger partial charge >= 0.3 is 5.97 Å². The number of sulfone groups is 1. The van der Waals surface area contributed by atoms with E-state index in [-0.39, 0.29) is 6.61 Å². The highest BCUT2D eigenvalue weighted by Crippen LogP contribution is 2.22. The molecule has 0 bridgehead atoms. The Balaban J connectivity index is 3.07. The van der Waals surface area contributed by atoms with Crippen molar-refractivity contribution in [3.63, 3.8) is 0 Å². The van der Waals surface area contributed by atoms with Gasteiger partial charge in [-0.25, -0.2) is 22.0 Å². The molecular weight excluding hydrogens is 294 g/mol. The minimum absolute atomic E-state index is 0.143. The summed E-state index contributed by atoms with van der Waals surface area (Å²) in [6.45, 7) is 2.06. The van der Waals surface area contributed by atoms with Gasteiger partial charge in [0.25, 0.3) is 0 Å². The maximum absolute atomic E-state index is 13.8. The fraction of sp³-hybridized carbons (Fsp3) is 0.417. The molecule has 0 unspecified atom stereocenters. The van der Waals surface area contributed by atoms with Crippen LogP contribution < -0.4 is 0 Å². The van der Waals surface area contributed by atoms with Crippen LogP contribution in [0, 0.1) is 11.6 Å². The molecule has 0 saturated heterocycles. The molecule has 0 spiro atoms. The predicted molar refractivity (Wildman–Crippen MR) is 66.5 cm³/mol. The van der Waals surface area contributed by atoms with E-state index in [1.54, 1.807) is 0 Å². The van der Waals surface area contributed by atoms with Gasteiger partial charge in [-0.3, -0.25) is 0 Å². The number of benzene rings is 1. The number of carbonyl (C=O) groups is 1. The van der Waals surface area contributed by atoms with E-state index in [1.807, 2.05) is 6.92 Å². The van der Waals surface area contributed by atoms with Crippen molar-refractivity contribution < 1.29 is 31.8 Å². The Morgan fingerprint density at radius 1 is 1.30 bits per heavy atom. The summed E-state index contributed by atoms with van der Waals surface area (Å²) in [5.74, 6) is -5.28. The molecule has 8 heteroatoms. The molecule has 0 radical (unpaired) electrons. The molecule has 0 saturated carbocycles. The monoisotopic (exact) mass is 308 g/mol. The molecule has 0 fully saturated rings. The van der Waals surface area contributed by atoms with Crippen molar-refractivity contribution in [2.75, 3.05) is 19.0 Å². The molecule has 0 heterocycles. The maximum Gasteiger partial charge on any atom is 0.341 e. The van der Waals surface area contributed by atoms with E-state index in [1.165, 1.54) is 0 Å². The smallest absolute Gasteiger partial charge is 0.341 e. The molecule has 0 aliphatic rings. The highest BCUT2D eigenvalue weighted by molar-refractivity contribution is 7.91. The van der Waals surface area contributed by atoms with Crippen LogP contribution in [0.3, 0.4) is 0 Å². The summed E-state index contributed by atoms with van der Waals surface area (Å²) in [7, 11) is -4.07. The van der Waals surface area contributed by atoms with Crippen molar-refractivity contribution >= 4 is 15.8 Å². The highest BCUT2D eigenvalue weighted by Gasteiger charge is 2.26. The summed E-state index contributed by atoms with van der Waals surface area (Å²) in [4.78, 5) is 9.88. The number of carboxylic acid groups (broad SMARTS) is 1. The van der Waals surface area contributed by atoms with Crippen molar-refractivity contribution in [1.29, 1.82) is 0 Å². The number of carboxylic acids is 1. The van der Waals surface area contributed by atoms with Gasteiger partial charge in [0.2, 0.25) is 0 Å². The third kappa shape index (κ3) is 3.73. The zero-order chi connectivity index (χ0) is 15.3. The number of halogens is 2. The lowest BCUT2D eigenvalue weighted by molar-refractivity contribution is 0.0685. The molecule has 0 aliphatic heterocycles. The van der Waals surface area contributed by atoms with Crippen molar-refractivity contribution in [2.24, 2.45) is 0 Å². The van der Waals surface area contributed by atoms with E-state index in [4.69, 9.17) is 9.84 Å². The van der Waals surface area contributed by atoms with Crippen LogP contribution in [0.25, 0.3) is 0 Å². The summed E-state index contributed by atoms with van der Waals surface area (Å²) in [5.41, 5.74) is -1.28. The second kappa shape index (κ2) is 6.76. The number of aromatic carboxylic acids is 1. The predicted octanol–water partition coefficient (Wildman–Crippen LogP) is 1.86. The number of hydrogen-bond donors (Lipinski definition) is 1. The van der Waals surface area contributed by atoms with Gasteiger partial charge in [0.05, 0.1) is 12.4 Å². The Morgan fingerprint density at radius 3 is 2.50 bits per heavy atom. The largest absolute Gasteiger partial charge is 0.477 e. The van der Waals surface area contributed by atoms with Crippen molar-refractivity contribution in [1.82, 2.24) is 0 Å². The number of ether oxygens (including phenoxy) is 1. The van der Waals surface area contributed by atoms with Crippen LogP contribution in [0.15, 0.2) is 17.0 Å². The zero-order valence-corrected chi connectivity index (χ0v) is 11.5. The summed E-state index contributed by atoms with van der Waals surface area (Å²) in [6.07, 6.45) is 0.702. The Kier molecular flexibility index (Phi) is 5.58. The Hall–Kier alpha value is -1.54. The van der Waals surface area contributed by atoms with E-state index in [0.29, 0.717) is 25.2 Å². The van der Waals surface area contributed by atoms with E-state index in [9.17, 15) is 22.0 Å². The second-order valence-corrected chi connectivity index (χ2v) is 6.05. The fourth-order valence-corrected chi connectivity index (χ4v) is 2.70. The second-order valence-electron chi connectivity index (χ2n) is 3.97. The average Bonchev–Trinajstić information content (AvgIpc) is 2.34. The van der Waals surface area contributed by atoms with Crippen LogP contribution in [0.5, 0.6) is 0 Å². The summed E-state index contributed by atoms with van der Waals surface area (Å²) >= 11 is 0. The third-order valence-corrected chi connectivity index (χ3v) is 4.14. The third-order valence-electron chi connectivity index (χ3n) is 2.45.